The van der Waals surface area contributed by atoms with E-state index < -0.39 is 0 Å². The summed E-state index contributed by atoms with van der Waals surface area (Å²) in [4.78, 5) is 30.0. The first-order valence-corrected chi connectivity index (χ1v) is 10.6. The molecule has 0 aliphatic heterocycles. The number of carbonyl (C=O) groups excluding carboxylic acids is 1. The first-order valence-electron chi connectivity index (χ1n) is 10.6. The average Bonchev–Trinajstić information content (AvgIpc) is 2.79. The van der Waals surface area contributed by atoms with Crippen LogP contribution >= 0.6 is 0 Å². The molecular weight excluding hydrogens is 402 g/mol. The van der Waals surface area contributed by atoms with Crippen molar-refractivity contribution >= 4 is 22.5 Å². The molecule has 3 aromatic carbocycles. The standard InChI is InChI=1S/C26H25N3O3/c1-4-19-9-5-8-12-24(19)32-16-25(30)28-22-14-13-20(15-17(22)2)29-18(3)27-23-11-7-6-10-21(23)26(29)31/h5-15H,4,16H2,1-3H3,(H,28,30). The minimum Gasteiger partial charge on any atom is -0.483 e. The fraction of sp³-hybridized carbons (Fsp3) is 0.192. The monoisotopic (exact) mass is 427 g/mol. The molecule has 32 heavy (non-hydrogen) atoms. The van der Waals surface area contributed by atoms with Gasteiger partial charge in [-0.3, -0.25) is 14.2 Å². The number of amides is 1. The van der Waals surface area contributed by atoms with Gasteiger partial charge in [0.1, 0.15) is 11.6 Å². The number of anilines is 1. The lowest BCUT2D eigenvalue weighted by Crippen LogP contribution is -2.23. The minimum atomic E-state index is -0.243. The number of hydrogen-bond acceptors (Lipinski definition) is 4. The second-order valence-electron chi connectivity index (χ2n) is 7.61. The minimum absolute atomic E-state index is 0.0780. The van der Waals surface area contributed by atoms with Crippen molar-refractivity contribution in [2.75, 3.05) is 11.9 Å². The topological polar surface area (TPSA) is 73.2 Å². The number of carbonyl (C=O) groups is 1. The Morgan fingerprint density at radius 3 is 2.56 bits per heavy atom. The van der Waals surface area contributed by atoms with Crippen molar-refractivity contribution in [2.24, 2.45) is 0 Å². The van der Waals surface area contributed by atoms with E-state index in [1.165, 1.54) is 0 Å². The Hall–Kier alpha value is -3.93. The summed E-state index contributed by atoms with van der Waals surface area (Å²) < 4.78 is 7.29. The first-order chi connectivity index (χ1) is 15.5. The van der Waals surface area contributed by atoms with E-state index in [1.807, 2.05) is 69.3 Å². The maximum absolute atomic E-state index is 13.0. The SMILES string of the molecule is CCc1ccccc1OCC(=O)Nc1ccc(-n2c(C)nc3ccccc3c2=O)cc1C. The van der Waals surface area contributed by atoms with Gasteiger partial charge in [-0.2, -0.15) is 0 Å². The Labute approximate surface area is 186 Å². The van der Waals surface area contributed by atoms with Gasteiger partial charge < -0.3 is 10.1 Å². The summed E-state index contributed by atoms with van der Waals surface area (Å²) in [6.07, 6.45) is 0.834. The number of benzene rings is 3. The van der Waals surface area contributed by atoms with Crippen molar-refractivity contribution in [2.45, 2.75) is 27.2 Å². The maximum atomic E-state index is 13.0. The molecule has 0 saturated carbocycles. The van der Waals surface area contributed by atoms with E-state index in [4.69, 9.17) is 4.74 Å². The summed E-state index contributed by atoms with van der Waals surface area (Å²) in [5.41, 5.74) is 3.83. The Morgan fingerprint density at radius 1 is 1.03 bits per heavy atom. The third-order valence-electron chi connectivity index (χ3n) is 5.40. The van der Waals surface area contributed by atoms with Crippen LogP contribution in [-0.4, -0.2) is 22.1 Å². The van der Waals surface area contributed by atoms with Gasteiger partial charge in [0.15, 0.2) is 6.61 Å². The molecule has 0 fully saturated rings. The van der Waals surface area contributed by atoms with E-state index in [9.17, 15) is 9.59 Å². The number of rotatable bonds is 6. The number of fused-ring (bicyclic) bond motifs is 1. The van der Waals surface area contributed by atoms with Crippen molar-refractivity contribution in [3.05, 3.63) is 94.0 Å². The van der Waals surface area contributed by atoms with Gasteiger partial charge in [-0.05, 0) is 67.8 Å². The van der Waals surface area contributed by atoms with Crippen LogP contribution in [0.15, 0.2) is 71.5 Å². The van der Waals surface area contributed by atoms with E-state index in [0.29, 0.717) is 28.1 Å². The average molecular weight is 428 g/mol. The Kier molecular flexibility index (Phi) is 6.03. The third kappa shape index (κ3) is 4.25. The van der Waals surface area contributed by atoms with Gasteiger partial charge in [0.05, 0.1) is 16.6 Å². The Morgan fingerprint density at radius 2 is 1.78 bits per heavy atom. The number of hydrogen-bond donors (Lipinski definition) is 1. The summed E-state index contributed by atoms with van der Waals surface area (Å²) in [5.74, 6) is 1.08. The van der Waals surface area contributed by atoms with E-state index in [0.717, 1.165) is 23.3 Å². The normalized spacial score (nSPS) is 10.8. The van der Waals surface area contributed by atoms with Gasteiger partial charge in [0.2, 0.25) is 0 Å². The van der Waals surface area contributed by atoms with Crippen LogP contribution in [0, 0.1) is 13.8 Å². The van der Waals surface area contributed by atoms with Crippen LogP contribution < -0.4 is 15.6 Å². The highest BCUT2D eigenvalue weighted by Crippen LogP contribution is 2.21. The van der Waals surface area contributed by atoms with Gasteiger partial charge in [-0.15, -0.1) is 0 Å². The van der Waals surface area contributed by atoms with Crippen LogP contribution in [0.4, 0.5) is 5.69 Å². The molecule has 0 aliphatic rings. The summed E-state index contributed by atoms with van der Waals surface area (Å²) in [6.45, 7) is 5.67. The molecule has 4 aromatic rings. The van der Waals surface area contributed by atoms with Gasteiger partial charge in [-0.1, -0.05) is 37.3 Å². The highest BCUT2D eigenvalue weighted by Gasteiger charge is 2.12. The number of nitrogens with zero attached hydrogens (tertiary/aromatic N) is 2. The van der Waals surface area contributed by atoms with Crippen molar-refractivity contribution in [3.8, 4) is 11.4 Å². The molecule has 0 bridgehead atoms. The zero-order valence-corrected chi connectivity index (χ0v) is 18.4. The van der Waals surface area contributed by atoms with Crippen LogP contribution in [0.1, 0.15) is 23.9 Å². The van der Waals surface area contributed by atoms with Crippen LogP contribution in [-0.2, 0) is 11.2 Å². The van der Waals surface area contributed by atoms with Gasteiger partial charge in [0, 0.05) is 5.69 Å². The maximum Gasteiger partial charge on any atom is 0.265 e. The van der Waals surface area contributed by atoms with E-state index in [2.05, 4.69) is 10.3 Å². The van der Waals surface area contributed by atoms with Crippen molar-refractivity contribution < 1.29 is 9.53 Å². The molecule has 1 heterocycles. The lowest BCUT2D eigenvalue weighted by atomic mass is 10.1. The van der Waals surface area contributed by atoms with E-state index in [1.54, 1.807) is 22.8 Å². The second-order valence-corrected chi connectivity index (χ2v) is 7.61. The number of nitrogens with one attached hydrogen (secondary N) is 1. The third-order valence-corrected chi connectivity index (χ3v) is 5.40. The molecule has 0 unspecified atom stereocenters. The lowest BCUT2D eigenvalue weighted by molar-refractivity contribution is -0.118. The summed E-state index contributed by atoms with van der Waals surface area (Å²) in [5, 5.41) is 3.46. The Balaban J connectivity index is 1.53. The van der Waals surface area contributed by atoms with Crippen LogP contribution in [0.25, 0.3) is 16.6 Å². The van der Waals surface area contributed by atoms with Crippen molar-refractivity contribution in [1.82, 2.24) is 9.55 Å². The van der Waals surface area contributed by atoms with Gasteiger partial charge >= 0.3 is 0 Å². The highest BCUT2D eigenvalue weighted by molar-refractivity contribution is 5.92. The van der Waals surface area contributed by atoms with Gasteiger partial charge in [-0.25, -0.2) is 4.98 Å². The molecule has 0 spiro atoms. The predicted molar refractivity (Wildman–Crippen MR) is 127 cm³/mol. The van der Waals surface area contributed by atoms with E-state index in [-0.39, 0.29) is 18.1 Å². The molecular formula is C26H25N3O3. The zero-order chi connectivity index (χ0) is 22.7. The summed E-state index contributed by atoms with van der Waals surface area (Å²) >= 11 is 0. The second kappa shape index (κ2) is 9.06. The van der Waals surface area contributed by atoms with Crippen LogP contribution in [0.5, 0.6) is 5.75 Å². The van der Waals surface area contributed by atoms with Gasteiger partial charge in [0.25, 0.3) is 11.5 Å². The molecule has 0 aliphatic carbocycles. The fourth-order valence-corrected chi connectivity index (χ4v) is 3.74. The smallest absolute Gasteiger partial charge is 0.265 e. The predicted octanol–water partition coefficient (Wildman–Crippen LogP) is 4.58. The largest absolute Gasteiger partial charge is 0.483 e. The molecule has 1 amide bonds. The molecule has 0 saturated heterocycles. The molecule has 0 atom stereocenters. The Bertz CT molecular complexity index is 1360. The molecule has 162 valence electrons. The molecule has 6 heteroatoms. The highest BCUT2D eigenvalue weighted by atomic mass is 16.5. The molecule has 1 aromatic heterocycles. The first kappa shape index (κ1) is 21.3. The molecule has 0 radical (unpaired) electrons. The number of aromatic nitrogens is 2. The summed E-state index contributed by atoms with van der Waals surface area (Å²) in [7, 11) is 0. The number of para-hydroxylation sites is 2. The van der Waals surface area contributed by atoms with E-state index >= 15 is 0 Å². The number of aryl methyl sites for hydroxylation is 3. The van der Waals surface area contributed by atoms with Crippen molar-refractivity contribution in [3.63, 3.8) is 0 Å². The quantitative estimate of drug-likeness (QED) is 0.489. The lowest BCUT2D eigenvalue weighted by Gasteiger charge is -2.14. The fourth-order valence-electron chi connectivity index (χ4n) is 3.74. The summed E-state index contributed by atoms with van der Waals surface area (Å²) in [6, 6.07) is 20.5. The van der Waals surface area contributed by atoms with Crippen LogP contribution in [0.3, 0.4) is 0 Å². The molecule has 1 N–H and O–H groups in total. The van der Waals surface area contributed by atoms with Crippen LogP contribution in [0.2, 0.25) is 0 Å². The number of ether oxygens (including phenoxy) is 1. The molecule has 4 rings (SSSR count). The zero-order valence-electron chi connectivity index (χ0n) is 18.4. The molecule has 6 nitrogen and oxygen atoms in total. The van der Waals surface area contributed by atoms with Crippen molar-refractivity contribution in [1.29, 1.82) is 0 Å².